The zero-order valence-corrected chi connectivity index (χ0v) is 13.9. The van der Waals surface area contributed by atoms with Gasteiger partial charge in [0.15, 0.2) is 11.6 Å². The van der Waals surface area contributed by atoms with E-state index in [-0.39, 0.29) is 0 Å². The van der Waals surface area contributed by atoms with Gasteiger partial charge in [0.1, 0.15) is 6.33 Å². The van der Waals surface area contributed by atoms with Crippen molar-refractivity contribution in [1.29, 1.82) is 0 Å². The van der Waals surface area contributed by atoms with Crippen LogP contribution in [0.25, 0.3) is 0 Å². The second-order valence-corrected chi connectivity index (χ2v) is 5.20. The summed E-state index contributed by atoms with van der Waals surface area (Å²) in [7, 11) is 3.79. The second-order valence-electron chi connectivity index (χ2n) is 5.20. The number of nitrogens with one attached hydrogen (secondary N) is 2. The Balaban J connectivity index is 2.62. The molecule has 0 aromatic carbocycles. The van der Waals surface area contributed by atoms with Gasteiger partial charge in [-0.3, -0.25) is 0 Å². The predicted octanol–water partition coefficient (Wildman–Crippen LogP) is 2.45. The predicted molar refractivity (Wildman–Crippen MR) is 88.2 cm³/mol. The van der Waals surface area contributed by atoms with Gasteiger partial charge in [-0.25, -0.2) is 9.97 Å². The first-order valence-corrected chi connectivity index (χ1v) is 7.70. The summed E-state index contributed by atoms with van der Waals surface area (Å²) in [5.74, 6) is 2.16. The van der Waals surface area contributed by atoms with Crippen molar-refractivity contribution in [1.82, 2.24) is 14.9 Å². The first kappa shape index (κ1) is 17.5. The van der Waals surface area contributed by atoms with Crippen LogP contribution >= 0.6 is 0 Å². The van der Waals surface area contributed by atoms with Crippen molar-refractivity contribution in [3.63, 3.8) is 0 Å². The highest BCUT2D eigenvalue weighted by atomic mass is 16.5. The molecular weight excluding hydrogens is 266 g/mol. The summed E-state index contributed by atoms with van der Waals surface area (Å²) < 4.78 is 5.44. The summed E-state index contributed by atoms with van der Waals surface area (Å²) in [5.41, 5.74) is 0. The minimum Gasteiger partial charge on any atom is -0.490 e. The number of anilines is 2. The molecule has 2 N–H and O–H groups in total. The van der Waals surface area contributed by atoms with E-state index >= 15 is 0 Å². The average Bonchev–Trinajstić information content (AvgIpc) is 2.51. The van der Waals surface area contributed by atoms with Gasteiger partial charge in [-0.15, -0.1) is 0 Å². The molecule has 6 heteroatoms. The molecule has 0 aliphatic rings. The van der Waals surface area contributed by atoms with Gasteiger partial charge < -0.3 is 20.3 Å². The Hall–Kier alpha value is -1.56. The van der Waals surface area contributed by atoms with E-state index in [2.05, 4.69) is 53.3 Å². The lowest BCUT2D eigenvalue weighted by Gasteiger charge is -2.23. The number of likely N-dealkylation sites (N-methyl/N-ethyl adjacent to an activating group) is 1. The molecule has 0 spiro atoms. The van der Waals surface area contributed by atoms with Crippen LogP contribution in [0.3, 0.4) is 0 Å². The lowest BCUT2D eigenvalue weighted by atomic mass is 10.2. The van der Waals surface area contributed by atoms with Gasteiger partial charge >= 0.3 is 0 Å². The number of aromatic nitrogens is 2. The van der Waals surface area contributed by atoms with Crippen LogP contribution in [0.1, 0.15) is 33.6 Å². The Bertz CT molecular complexity index is 413. The van der Waals surface area contributed by atoms with Crippen LogP contribution < -0.4 is 15.4 Å². The van der Waals surface area contributed by atoms with E-state index in [9.17, 15) is 0 Å². The largest absolute Gasteiger partial charge is 0.490 e. The van der Waals surface area contributed by atoms with Gasteiger partial charge in [0.05, 0.1) is 7.11 Å². The summed E-state index contributed by atoms with van der Waals surface area (Å²) >= 11 is 0. The minimum atomic E-state index is 0.584. The van der Waals surface area contributed by atoms with Gasteiger partial charge in [0.2, 0.25) is 5.75 Å². The van der Waals surface area contributed by atoms with Crippen LogP contribution in [0, 0.1) is 0 Å². The first-order valence-electron chi connectivity index (χ1n) is 7.70. The standard InChI is InChI=1S/C15H29N5O/c1-6-8-16-14-13(21-5)15(19-11-18-14)17-9-10-20(4)12(3)7-2/h11-12H,6-10H2,1-5H3,(H2,16,17,18,19). The lowest BCUT2D eigenvalue weighted by Crippen LogP contribution is -2.32. The zero-order valence-electron chi connectivity index (χ0n) is 13.9. The molecule has 6 nitrogen and oxygen atoms in total. The van der Waals surface area contributed by atoms with Gasteiger partial charge in [0.25, 0.3) is 0 Å². The maximum Gasteiger partial charge on any atom is 0.204 e. The Morgan fingerprint density at radius 1 is 1.19 bits per heavy atom. The lowest BCUT2D eigenvalue weighted by molar-refractivity contribution is 0.261. The van der Waals surface area contributed by atoms with Crippen LogP contribution in [0.15, 0.2) is 6.33 Å². The molecule has 0 saturated carbocycles. The molecular formula is C15H29N5O. The number of hydrogen-bond acceptors (Lipinski definition) is 6. The molecule has 1 unspecified atom stereocenters. The smallest absolute Gasteiger partial charge is 0.204 e. The zero-order chi connectivity index (χ0) is 15.7. The highest BCUT2D eigenvalue weighted by Gasteiger charge is 2.12. The van der Waals surface area contributed by atoms with Crippen molar-refractivity contribution in [2.45, 2.75) is 39.7 Å². The third-order valence-corrected chi connectivity index (χ3v) is 3.65. The van der Waals surface area contributed by atoms with Crippen molar-refractivity contribution in [2.75, 3.05) is 44.4 Å². The summed E-state index contributed by atoms with van der Waals surface area (Å²) in [6.07, 6.45) is 3.75. The SMILES string of the molecule is CCCNc1ncnc(NCCN(C)C(C)CC)c1OC. The number of ether oxygens (including phenoxy) is 1. The van der Waals surface area contributed by atoms with Crippen LogP contribution in [0.5, 0.6) is 5.75 Å². The highest BCUT2D eigenvalue weighted by molar-refractivity contribution is 5.63. The van der Waals surface area contributed by atoms with E-state index in [0.717, 1.165) is 44.1 Å². The van der Waals surface area contributed by atoms with E-state index < -0.39 is 0 Å². The van der Waals surface area contributed by atoms with Gasteiger partial charge in [-0.1, -0.05) is 13.8 Å². The highest BCUT2D eigenvalue weighted by Crippen LogP contribution is 2.28. The molecule has 1 aromatic heterocycles. The fourth-order valence-electron chi connectivity index (χ4n) is 1.95. The fourth-order valence-corrected chi connectivity index (χ4v) is 1.95. The Morgan fingerprint density at radius 3 is 2.33 bits per heavy atom. The summed E-state index contributed by atoms with van der Waals surface area (Å²) in [5, 5.41) is 6.59. The van der Waals surface area contributed by atoms with Crippen molar-refractivity contribution in [3.05, 3.63) is 6.33 Å². The molecule has 0 bridgehead atoms. The molecule has 0 fully saturated rings. The van der Waals surface area contributed by atoms with Crippen molar-refractivity contribution in [2.24, 2.45) is 0 Å². The number of methoxy groups -OCH3 is 1. The van der Waals surface area contributed by atoms with Crippen LogP contribution in [0.2, 0.25) is 0 Å². The van der Waals surface area contributed by atoms with E-state index in [4.69, 9.17) is 4.74 Å². The van der Waals surface area contributed by atoms with Crippen molar-refractivity contribution >= 4 is 11.6 Å². The molecule has 0 amide bonds. The normalized spacial score (nSPS) is 12.3. The van der Waals surface area contributed by atoms with Crippen LogP contribution in [0.4, 0.5) is 11.6 Å². The van der Waals surface area contributed by atoms with E-state index in [0.29, 0.717) is 11.8 Å². The molecule has 1 rings (SSSR count). The third-order valence-electron chi connectivity index (χ3n) is 3.65. The maximum atomic E-state index is 5.44. The summed E-state index contributed by atoms with van der Waals surface area (Å²) in [4.78, 5) is 10.8. The van der Waals surface area contributed by atoms with Crippen LogP contribution in [-0.2, 0) is 0 Å². The number of nitrogens with zero attached hydrogens (tertiary/aromatic N) is 3. The molecule has 0 aliphatic carbocycles. The third kappa shape index (κ3) is 5.38. The van der Waals surface area contributed by atoms with Crippen LogP contribution in [-0.4, -0.2) is 54.7 Å². The molecule has 1 aromatic rings. The van der Waals surface area contributed by atoms with Crippen molar-refractivity contribution in [3.8, 4) is 5.75 Å². The number of rotatable bonds is 10. The second kappa shape index (κ2) is 9.39. The van der Waals surface area contributed by atoms with Crippen molar-refractivity contribution < 1.29 is 4.74 Å². The molecule has 120 valence electrons. The molecule has 0 aliphatic heterocycles. The fraction of sp³-hybridized carbons (Fsp3) is 0.733. The minimum absolute atomic E-state index is 0.584. The average molecular weight is 295 g/mol. The molecule has 0 saturated heterocycles. The van der Waals surface area contributed by atoms with E-state index in [1.165, 1.54) is 0 Å². The van der Waals surface area contributed by atoms with E-state index in [1.54, 1.807) is 13.4 Å². The molecule has 1 atom stereocenters. The van der Waals surface area contributed by atoms with Gasteiger partial charge in [-0.2, -0.15) is 0 Å². The Kier molecular flexibility index (Phi) is 7.82. The molecule has 1 heterocycles. The Morgan fingerprint density at radius 2 is 1.81 bits per heavy atom. The van der Waals surface area contributed by atoms with Gasteiger partial charge in [-0.05, 0) is 26.8 Å². The monoisotopic (exact) mass is 295 g/mol. The summed E-state index contributed by atoms with van der Waals surface area (Å²) in [6.45, 7) is 9.20. The topological polar surface area (TPSA) is 62.3 Å². The van der Waals surface area contributed by atoms with E-state index in [1.807, 2.05) is 0 Å². The maximum absolute atomic E-state index is 5.44. The molecule has 21 heavy (non-hydrogen) atoms. The Labute approximate surface area is 128 Å². The molecule has 0 radical (unpaired) electrons. The quantitative estimate of drug-likeness (QED) is 0.691. The van der Waals surface area contributed by atoms with Gasteiger partial charge in [0, 0.05) is 25.7 Å². The first-order chi connectivity index (χ1) is 10.1. The number of hydrogen-bond donors (Lipinski definition) is 2. The summed E-state index contributed by atoms with van der Waals surface area (Å²) in [6, 6.07) is 0.584.